The first-order valence-corrected chi connectivity index (χ1v) is 15.6. The topological polar surface area (TPSA) is 161 Å². The molecule has 5 rings (SSSR count). The number of carbonyl (C=O) groups excluding carboxylic acids is 1. The Hall–Kier alpha value is -5.59. The maximum absolute atomic E-state index is 14.2. The third-order valence-electron chi connectivity index (χ3n) is 8.58. The number of hydrogen-bond donors (Lipinski definition) is 2. The number of hydrogen-bond acceptors (Lipinski definition) is 9. The minimum absolute atomic E-state index is 0.204. The fraction of sp³-hybridized carbons (Fsp3) is 0.333. The van der Waals surface area contributed by atoms with Crippen LogP contribution in [-0.2, 0) is 43.6 Å². The van der Waals surface area contributed by atoms with Crippen molar-refractivity contribution in [2.75, 3.05) is 11.9 Å². The van der Waals surface area contributed by atoms with Gasteiger partial charge in [-0.15, -0.1) is 0 Å². The number of nitrogens with zero attached hydrogens (tertiary/aromatic N) is 4. The van der Waals surface area contributed by atoms with Crippen molar-refractivity contribution in [1.82, 2.24) is 9.55 Å². The molecule has 1 aliphatic carbocycles. The van der Waals surface area contributed by atoms with Gasteiger partial charge in [0.15, 0.2) is 12.8 Å². The second-order valence-corrected chi connectivity index (χ2v) is 13.0. The lowest BCUT2D eigenvalue weighted by molar-refractivity contribution is -0.157. The molecular weight excluding hydrogens is 635 g/mol. The van der Waals surface area contributed by atoms with Crippen molar-refractivity contribution in [1.29, 1.82) is 0 Å². The van der Waals surface area contributed by atoms with Crippen molar-refractivity contribution in [3.05, 3.63) is 105 Å². The van der Waals surface area contributed by atoms with Crippen molar-refractivity contribution in [3.63, 3.8) is 0 Å². The second-order valence-electron chi connectivity index (χ2n) is 13.0. The number of carboxylic acid groups (broad SMARTS) is 2. The molecule has 0 bridgehead atoms. The van der Waals surface area contributed by atoms with Crippen LogP contribution in [0.25, 0.3) is 10.9 Å². The molecule has 13 heteroatoms. The third kappa shape index (κ3) is 7.30. The maximum Gasteiger partial charge on any atom is 0.333 e. The summed E-state index contributed by atoms with van der Waals surface area (Å²) in [5, 5.41) is 19.4. The molecule has 12 nitrogen and oxygen atoms in total. The number of benzene rings is 3. The summed E-state index contributed by atoms with van der Waals surface area (Å²) in [6.45, 7) is 6.59. The zero-order chi connectivity index (χ0) is 35.6. The van der Waals surface area contributed by atoms with Crippen molar-refractivity contribution in [3.8, 4) is 0 Å². The van der Waals surface area contributed by atoms with E-state index in [0.29, 0.717) is 40.8 Å². The number of aliphatic carboxylic acids is 2. The highest BCUT2D eigenvalue weighted by Crippen LogP contribution is 2.40. The Balaban J connectivity index is 1.49. The highest BCUT2D eigenvalue weighted by Gasteiger charge is 2.31. The van der Waals surface area contributed by atoms with Gasteiger partial charge in [-0.3, -0.25) is 23.9 Å². The predicted octanol–water partition coefficient (Wildman–Crippen LogP) is 5.48. The standard InChI is InChI=1S/C36H37FN4O8/c1-20-38-27-17-23-14-15-29(25(23)18-26(27)33(44)41(20)19-48-35(47)36(2,3)4)40(5)28-9-7-6-8-24(28)32(49-37)39-31(34(45)46)22-12-10-21(11-13-22)16-30(42)43/h6-13,17-18,29,31H,14-16,19H2,1-5H3,(H,42,43)(H,45,46)/b39-32+/t29?,31-/m1/s1. The summed E-state index contributed by atoms with van der Waals surface area (Å²) in [6, 6.07) is 14.4. The predicted molar refractivity (Wildman–Crippen MR) is 179 cm³/mol. The van der Waals surface area contributed by atoms with E-state index in [-0.39, 0.29) is 35.9 Å². The number of aromatic nitrogens is 2. The van der Waals surface area contributed by atoms with Crippen LogP contribution >= 0.6 is 0 Å². The number of carboxylic acids is 2. The Kier molecular flexibility index (Phi) is 9.83. The fourth-order valence-corrected chi connectivity index (χ4v) is 5.95. The highest BCUT2D eigenvalue weighted by atomic mass is 19.3. The lowest BCUT2D eigenvalue weighted by Crippen LogP contribution is -2.30. The van der Waals surface area contributed by atoms with Gasteiger partial charge in [-0.25, -0.2) is 14.8 Å². The van der Waals surface area contributed by atoms with Gasteiger partial charge in [-0.2, -0.15) is 0 Å². The Morgan fingerprint density at radius 1 is 1.10 bits per heavy atom. The number of rotatable bonds is 10. The van der Waals surface area contributed by atoms with Gasteiger partial charge < -0.3 is 19.8 Å². The normalized spacial score (nSPS) is 15.1. The molecule has 0 fully saturated rings. The van der Waals surface area contributed by atoms with E-state index in [9.17, 15) is 28.8 Å². The van der Waals surface area contributed by atoms with E-state index in [4.69, 9.17) is 9.84 Å². The first kappa shape index (κ1) is 34.7. The molecule has 1 heterocycles. The van der Waals surface area contributed by atoms with Gasteiger partial charge in [-0.1, -0.05) is 36.4 Å². The molecule has 0 spiro atoms. The SMILES string of the molecule is Cc1nc2cc3c(cc2c(=O)n1COC(=O)C(C)(C)C)C(N(C)c1ccccc1/C(=N\[C@@H](C(=O)O)c1ccc(CC(=O)O)cc1)OF)CC3. The number of anilines is 1. The van der Waals surface area contributed by atoms with E-state index in [1.165, 1.54) is 28.8 Å². The number of para-hydroxylation sites is 1. The largest absolute Gasteiger partial charge is 0.481 e. The number of aryl methyl sites for hydroxylation is 2. The van der Waals surface area contributed by atoms with Gasteiger partial charge in [0.05, 0.1) is 34.3 Å². The summed E-state index contributed by atoms with van der Waals surface area (Å²) < 4.78 is 21.0. The molecule has 2 atom stereocenters. The van der Waals surface area contributed by atoms with E-state index in [1.54, 1.807) is 58.0 Å². The van der Waals surface area contributed by atoms with Gasteiger partial charge in [-0.05, 0) is 87.1 Å². The Bertz CT molecular complexity index is 2020. The molecular formula is C36H37FN4O8. The summed E-state index contributed by atoms with van der Waals surface area (Å²) in [5.74, 6) is -2.97. The van der Waals surface area contributed by atoms with Crippen LogP contribution < -0.4 is 10.5 Å². The van der Waals surface area contributed by atoms with E-state index in [1.807, 2.05) is 18.0 Å². The second kappa shape index (κ2) is 13.9. The summed E-state index contributed by atoms with van der Waals surface area (Å²) in [4.78, 5) is 64.2. The van der Waals surface area contributed by atoms with Gasteiger partial charge in [0.2, 0.25) is 0 Å². The quantitative estimate of drug-likeness (QED) is 0.126. The highest BCUT2D eigenvalue weighted by molar-refractivity contribution is 6.00. The maximum atomic E-state index is 14.2. The minimum Gasteiger partial charge on any atom is -0.481 e. The Morgan fingerprint density at radius 3 is 2.43 bits per heavy atom. The Morgan fingerprint density at radius 2 is 1.80 bits per heavy atom. The van der Waals surface area contributed by atoms with E-state index in [2.05, 4.69) is 14.9 Å². The van der Waals surface area contributed by atoms with Crippen molar-refractivity contribution < 1.29 is 38.8 Å². The molecule has 0 saturated heterocycles. The molecule has 0 radical (unpaired) electrons. The van der Waals surface area contributed by atoms with Crippen LogP contribution in [0, 0.1) is 12.3 Å². The number of halogens is 1. The summed E-state index contributed by atoms with van der Waals surface area (Å²) in [5.41, 5.74) is 2.70. The molecule has 1 unspecified atom stereocenters. The van der Waals surface area contributed by atoms with E-state index in [0.717, 1.165) is 11.1 Å². The van der Waals surface area contributed by atoms with Gasteiger partial charge in [0, 0.05) is 17.3 Å². The van der Waals surface area contributed by atoms with Crippen molar-refractivity contribution >= 4 is 40.4 Å². The minimum atomic E-state index is -1.54. The third-order valence-corrected chi connectivity index (χ3v) is 8.58. The van der Waals surface area contributed by atoms with Gasteiger partial charge in [0.25, 0.3) is 11.5 Å². The molecule has 49 heavy (non-hydrogen) atoms. The number of esters is 1. The zero-order valence-corrected chi connectivity index (χ0v) is 27.8. The molecule has 4 aromatic rings. The van der Waals surface area contributed by atoms with Crippen LogP contribution in [0.2, 0.25) is 0 Å². The van der Waals surface area contributed by atoms with Crippen LogP contribution in [0.5, 0.6) is 0 Å². The summed E-state index contributed by atoms with van der Waals surface area (Å²) in [6.07, 6.45) is 1.12. The van der Waals surface area contributed by atoms with Crippen LogP contribution in [0.4, 0.5) is 10.2 Å². The van der Waals surface area contributed by atoms with Crippen LogP contribution in [0.15, 0.2) is 70.5 Å². The molecule has 3 aromatic carbocycles. The molecule has 0 amide bonds. The molecule has 1 aromatic heterocycles. The molecule has 2 N–H and O–H groups in total. The molecule has 256 valence electrons. The van der Waals surface area contributed by atoms with E-state index < -0.39 is 35.3 Å². The van der Waals surface area contributed by atoms with Gasteiger partial charge in [0.1, 0.15) is 5.82 Å². The van der Waals surface area contributed by atoms with Crippen molar-refractivity contribution in [2.24, 2.45) is 10.4 Å². The Labute approximate surface area is 281 Å². The lowest BCUT2D eigenvalue weighted by Gasteiger charge is -2.29. The average Bonchev–Trinajstić information content (AvgIpc) is 3.46. The first-order valence-electron chi connectivity index (χ1n) is 15.6. The molecule has 1 aliphatic rings. The average molecular weight is 673 g/mol. The van der Waals surface area contributed by atoms with Crippen LogP contribution in [-0.4, -0.2) is 50.6 Å². The monoisotopic (exact) mass is 672 g/mol. The van der Waals surface area contributed by atoms with Crippen molar-refractivity contribution in [2.45, 2.75) is 65.8 Å². The molecule has 0 aliphatic heterocycles. The summed E-state index contributed by atoms with van der Waals surface area (Å²) in [7, 11) is 1.81. The number of ether oxygens (including phenoxy) is 1. The lowest BCUT2D eigenvalue weighted by atomic mass is 9.98. The van der Waals surface area contributed by atoms with Gasteiger partial charge >= 0.3 is 17.9 Å². The zero-order valence-electron chi connectivity index (χ0n) is 27.8. The number of aliphatic imine (C=N–C) groups is 1. The molecule has 0 saturated carbocycles. The van der Waals surface area contributed by atoms with E-state index >= 15 is 0 Å². The fourth-order valence-electron chi connectivity index (χ4n) is 5.95. The first-order chi connectivity index (χ1) is 23.2. The number of carbonyl (C=O) groups is 3. The van der Waals surface area contributed by atoms with Crippen LogP contribution in [0.3, 0.4) is 0 Å². The smallest absolute Gasteiger partial charge is 0.333 e. The summed E-state index contributed by atoms with van der Waals surface area (Å²) >= 11 is 0. The number of fused-ring (bicyclic) bond motifs is 2. The van der Waals surface area contributed by atoms with Crippen LogP contribution in [0.1, 0.15) is 72.9 Å².